The maximum absolute atomic E-state index is 12.0. The minimum Gasteiger partial charge on any atom is -0.396 e. The van der Waals surface area contributed by atoms with E-state index in [1.54, 1.807) is 4.90 Å². The first-order valence-electron chi connectivity index (χ1n) is 16.0. The van der Waals surface area contributed by atoms with Gasteiger partial charge in [-0.1, -0.05) is 123 Å². The average molecular weight is 1240 g/mol. The van der Waals surface area contributed by atoms with Crippen LogP contribution >= 0.6 is 0 Å². The van der Waals surface area contributed by atoms with Crippen molar-refractivity contribution in [2.45, 2.75) is 168 Å². The summed E-state index contributed by atoms with van der Waals surface area (Å²) in [5.74, 6) is -0.870. The monoisotopic (exact) mass is 1240 g/mol. The van der Waals surface area contributed by atoms with Crippen molar-refractivity contribution in [3.8, 4) is 0 Å². The van der Waals surface area contributed by atoms with Crippen LogP contribution in [0, 0.1) is 11.3 Å². The number of hydrogen-bond acceptors (Lipinski definition) is 15. The molecule has 16 nitrogen and oxygen atoms in total. The van der Waals surface area contributed by atoms with Crippen LogP contribution in [-0.4, -0.2) is 148 Å². The van der Waals surface area contributed by atoms with Crippen LogP contribution in [-0.2, 0) is 174 Å². The van der Waals surface area contributed by atoms with E-state index in [9.17, 15) is 14.7 Å². The first-order chi connectivity index (χ1) is 22.3. The Morgan fingerprint density at radius 2 is 1.06 bits per heavy atom. The van der Waals surface area contributed by atoms with Crippen molar-refractivity contribution in [3.63, 3.8) is 0 Å². The molecule has 0 aromatic heterocycles. The molecule has 0 aromatic carbocycles. The molecular weight excluding hydrogens is 1120 g/mol. The maximum atomic E-state index is 12.0. The van der Waals surface area contributed by atoms with Gasteiger partial charge < -0.3 is 49.2 Å². The zero-order valence-corrected chi connectivity index (χ0v) is 43.5. The molecule has 0 fully saturated rings. The normalized spacial score (nSPS) is 9.44. The fourth-order valence-electron chi connectivity index (χ4n) is 4.05. The molecule has 63 heavy (non-hydrogen) atoms. The number of nitrogens with one attached hydrogen (secondary N) is 2. The van der Waals surface area contributed by atoms with E-state index in [0.29, 0.717) is 26.3 Å². The van der Waals surface area contributed by atoms with Crippen LogP contribution in [0.1, 0.15) is 157 Å². The molecule has 0 aliphatic carbocycles. The third kappa shape index (κ3) is 81.9. The minimum atomic E-state index is -0.403. The SMILES string of the molecule is C.C.C.C.C.C.C.C.C.C.C.C.C=O.CC(C)(C)N(CCOCCO)C(=O)COCCO.CCCCNOC(=O)CC(CO)C(NCOOCCOCCO)C(C)(C)C.[Y].[Y].[Y].[Y]. The third-order valence-electron chi connectivity index (χ3n) is 6.15. The zero-order valence-electron chi connectivity index (χ0n) is 32.1. The molecule has 0 saturated heterocycles. The molecule has 0 bridgehead atoms. The second-order valence-corrected chi connectivity index (χ2v) is 12.2. The van der Waals surface area contributed by atoms with Gasteiger partial charge in [0.25, 0.3) is 0 Å². The van der Waals surface area contributed by atoms with Gasteiger partial charge in [-0.2, -0.15) is 5.48 Å². The van der Waals surface area contributed by atoms with Gasteiger partial charge in [0.15, 0.2) is 0 Å². The van der Waals surface area contributed by atoms with Crippen molar-refractivity contribution in [2.24, 2.45) is 11.3 Å². The van der Waals surface area contributed by atoms with Gasteiger partial charge in [0, 0.05) is 168 Å². The molecule has 2 atom stereocenters. The minimum absolute atomic E-state index is 0. The summed E-state index contributed by atoms with van der Waals surface area (Å²) in [5, 5.41) is 38.7. The summed E-state index contributed by atoms with van der Waals surface area (Å²) >= 11 is 0. The molecule has 0 saturated carbocycles. The van der Waals surface area contributed by atoms with E-state index in [-0.39, 0.29) is 321 Å². The molecule has 1 amide bonds. The maximum Gasteiger partial charge on any atom is 0.325 e. The Morgan fingerprint density at radius 1 is 0.635 bits per heavy atom. The van der Waals surface area contributed by atoms with Gasteiger partial charge in [-0.05, 0) is 32.6 Å². The van der Waals surface area contributed by atoms with Crippen molar-refractivity contribution in [1.29, 1.82) is 0 Å². The van der Waals surface area contributed by atoms with Gasteiger partial charge in [-0.3, -0.25) is 14.9 Å². The van der Waals surface area contributed by atoms with Gasteiger partial charge in [0.2, 0.25) is 5.91 Å². The number of carbonyl (C=O) groups excluding carboxylic acids is 3. The quantitative estimate of drug-likeness (QED) is 0.0211. The van der Waals surface area contributed by atoms with E-state index < -0.39 is 5.97 Å². The number of amides is 1. The molecular formula is C43H113N3O13Y4. The Bertz CT molecular complexity index is 750. The summed E-state index contributed by atoms with van der Waals surface area (Å²) in [4.78, 5) is 48.7. The summed E-state index contributed by atoms with van der Waals surface area (Å²) < 4.78 is 15.2. The van der Waals surface area contributed by atoms with E-state index >= 15 is 0 Å². The largest absolute Gasteiger partial charge is 0.396 e. The average Bonchev–Trinajstić information content (AvgIpc) is 3.01. The molecule has 0 spiro atoms. The second-order valence-electron chi connectivity index (χ2n) is 12.2. The second kappa shape index (κ2) is 87.6. The molecule has 6 N–H and O–H groups in total. The first kappa shape index (κ1) is 126. The number of hydroxylamine groups is 1. The smallest absolute Gasteiger partial charge is 0.325 e. The van der Waals surface area contributed by atoms with E-state index in [0.717, 1.165) is 12.8 Å². The van der Waals surface area contributed by atoms with Crippen LogP contribution in [0.2, 0.25) is 0 Å². The Hall–Kier alpha value is 2.59. The summed E-state index contributed by atoms with van der Waals surface area (Å²) in [6, 6.07) is -0.195. The number of aliphatic hydroxyl groups is 4. The predicted molar refractivity (Wildman–Crippen MR) is 256 cm³/mol. The van der Waals surface area contributed by atoms with Crippen LogP contribution in [0.5, 0.6) is 0 Å². The van der Waals surface area contributed by atoms with E-state index in [1.807, 2.05) is 48.3 Å². The van der Waals surface area contributed by atoms with E-state index in [4.69, 9.17) is 48.9 Å². The van der Waals surface area contributed by atoms with Gasteiger partial charge in [-0.15, -0.1) is 0 Å². The Kier molecular flexibility index (Phi) is 175. The van der Waals surface area contributed by atoms with Crippen LogP contribution in [0.4, 0.5) is 0 Å². The molecule has 0 aliphatic rings. The third-order valence-corrected chi connectivity index (χ3v) is 6.15. The molecule has 0 aromatic rings. The molecule has 0 rings (SSSR count). The number of rotatable bonds is 26. The van der Waals surface area contributed by atoms with Crippen molar-refractivity contribution >= 4 is 18.7 Å². The van der Waals surface area contributed by atoms with Crippen molar-refractivity contribution < 1.29 is 194 Å². The topological polar surface area (TPSA) is 215 Å². The molecule has 2 unspecified atom stereocenters. The van der Waals surface area contributed by atoms with Gasteiger partial charge >= 0.3 is 5.97 Å². The van der Waals surface area contributed by atoms with Crippen LogP contribution in [0.3, 0.4) is 0 Å². The van der Waals surface area contributed by atoms with E-state index in [1.165, 1.54) is 0 Å². The van der Waals surface area contributed by atoms with Crippen molar-refractivity contribution in [2.75, 3.05) is 92.5 Å². The number of aliphatic hydroxyl groups excluding tert-OH is 4. The fourth-order valence-corrected chi connectivity index (χ4v) is 4.05. The summed E-state index contributed by atoms with van der Waals surface area (Å²) in [5.41, 5.74) is 2.11. The number of nitrogens with zero attached hydrogens (tertiary/aromatic N) is 1. The molecule has 0 aliphatic heterocycles. The van der Waals surface area contributed by atoms with Crippen LogP contribution < -0.4 is 10.8 Å². The van der Waals surface area contributed by atoms with Gasteiger partial charge in [0.1, 0.15) is 26.7 Å². The standard InChI is InChI=1S/C18H38N2O7.C12H25NO5.CH2O.12CH4.4Y/c1-5-6-7-20-27-16(23)12-15(13-22)17(18(2,3)4)19-14-26-25-11-10-24-9-8-21;1-12(2,3)13(4-7-17-8-5-14)11(16)10-18-9-6-15;1-2;;;;;;;;;;;;;;;;/h15,17,19-22H,5-14H2,1-4H3;14-15H,4-10H2,1-3H3;1H2;12*1H4;;;;. The number of hydrogen-bond donors (Lipinski definition) is 6. The molecule has 4 radical (unpaired) electrons. The van der Waals surface area contributed by atoms with Crippen LogP contribution in [0.25, 0.3) is 0 Å². The Balaban J connectivity index is -0.0000000289. The number of ether oxygens (including phenoxy) is 3. The Morgan fingerprint density at radius 3 is 1.44 bits per heavy atom. The van der Waals surface area contributed by atoms with Crippen molar-refractivity contribution in [1.82, 2.24) is 15.7 Å². The van der Waals surface area contributed by atoms with Gasteiger partial charge in [0.05, 0.1) is 59.3 Å². The van der Waals surface area contributed by atoms with Crippen LogP contribution in [0.15, 0.2) is 0 Å². The molecule has 0 heterocycles. The fraction of sp³-hybridized carbons (Fsp3) is 0.930. The van der Waals surface area contributed by atoms with E-state index in [2.05, 4.69) is 17.7 Å². The number of unbranched alkanes of at least 4 members (excludes halogenated alkanes) is 1. The van der Waals surface area contributed by atoms with Gasteiger partial charge in [-0.25, -0.2) is 9.78 Å². The molecule has 20 heteroatoms. The predicted octanol–water partition coefficient (Wildman–Crippen LogP) is 7.82. The Labute approximate surface area is 495 Å². The number of carbonyl (C=O) groups is 3. The summed E-state index contributed by atoms with van der Waals surface area (Å²) in [7, 11) is 0. The zero-order chi connectivity index (χ0) is 36.6. The van der Waals surface area contributed by atoms with Crippen molar-refractivity contribution in [3.05, 3.63) is 0 Å². The first-order valence-corrected chi connectivity index (χ1v) is 16.0. The molecule has 390 valence electrons. The summed E-state index contributed by atoms with van der Waals surface area (Å²) in [6.07, 6.45) is 2.02. The summed E-state index contributed by atoms with van der Waals surface area (Å²) in [6.45, 7) is 18.3.